The summed E-state index contributed by atoms with van der Waals surface area (Å²) < 4.78 is 0. The first kappa shape index (κ1) is 8.25. The van der Waals surface area contributed by atoms with E-state index in [-0.39, 0.29) is 5.78 Å². The van der Waals surface area contributed by atoms with Crippen LogP contribution < -0.4 is 0 Å². The van der Waals surface area contributed by atoms with E-state index in [1.807, 2.05) is 6.08 Å². The Balaban J connectivity index is 2.90. The second kappa shape index (κ2) is 3.51. The minimum absolute atomic E-state index is 0.222. The summed E-state index contributed by atoms with van der Waals surface area (Å²) in [5, 5.41) is 0. The van der Waals surface area contributed by atoms with E-state index in [1.54, 1.807) is 6.92 Å². The van der Waals surface area contributed by atoms with Crippen molar-refractivity contribution in [3.63, 3.8) is 0 Å². The first-order chi connectivity index (χ1) is 5.25. The third kappa shape index (κ3) is 1.79. The van der Waals surface area contributed by atoms with Crippen LogP contribution in [-0.2, 0) is 4.79 Å². The number of carbonyl (C=O) groups is 1. The minimum atomic E-state index is 0.222. The summed E-state index contributed by atoms with van der Waals surface area (Å²) in [6.45, 7) is 5.35. The third-order valence-corrected chi connectivity index (χ3v) is 2.18. The first-order valence-electron chi connectivity index (χ1n) is 4.11. The molecule has 0 fully saturated rings. The molecule has 1 aliphatic rings. The molecule has 1 nitrogen and oxygen atoms in total. The van der Waals surface area contributed by atoms with Gasteiger partial charge in [0, 0.05) is 0 Å². The molecule has 0 aromatic rings. The van der Waals surface area contributed by atoms with E-state index in [0.29, 0.717) is 0 Å². The minimum Gasteiger partial charge on any atom is -0.295 e. The van der Waals surface area contributed by atoms with E-state index in [9.17, 15) is 4.79 Å². The van der Waals surface area contributed by atoms with Crippen LogP contribution in [0, 0.1) is 0 Å². The van der Waals surface area contributed by atoms with Crippen molar-refractivity contribution in [2.45, 2.75) is 32.6 Å². The Hall–Kier alpha value is -0.850. The lowest BCUT2D eigenvalue weighted by Crippen LogP contribution is -2.05. The second-order valence-electron chi connectivity index (χ2n) is 2.97. The van der Waals surface area contributed by atoms with Gasteiger partial charge < -0.3 is 0 Å². The van der Waals surface area contributed by atoms with Crippen LogP contribution in [0.25, 0.3) is 0 Å². The highest BCUT2D eigenvalue weighted by Gasteiger charge is 2.13. The summed E-state index contributed by atoms with van der Waals surface area (Å²) in [4.78, 5) is 11.1. The fraction of sp³-hybridized carbons (Fsp3) is 0.500. The monoisotopic (exact) mass is 150 g/mol. The van der Waals surface area contributed by atoms with Crippen LogP contribution in [0.4, 0.5) is 0 Å². The Kier molecular flexibility index (Phi) is 2.64. The molecule has 0 aliphatic heterocycles. The van der Waals surface area contributed by atoms with Crippen LogP contribution in [0.15, 0.2) is 23.8 Å². The van der Waals surface area contributed by atoms with Crippen LogP contribution in [-0.4, -0.2) is 5.78 Å². The summed E-state index contributed by atoms with van der Waals surface area (Å²) in [7, 11) is 0. The molecule has 60 valence electrons. The van der Waals surface area contributed by atoms with Crippen molar-refractivity contribution in [2.24, 2.45) is 0 Å². The molecule has 11 heavy (non-hydrogen) atoms. The number of rotatable bonds is 2. The van der Waals surface area contributed by atoms with E-state index < -0.39 is 0 Å². The highest BCUT2D eigenvalue weighted by atomic mass is 16.1. The zero-order valence-electron chi connectivity index (χ0n) is 7.02. The summed E-state index contributed by atoms with van der Waals surface area (Å²) in [5.41, 5.74) is 2.18. The van der Waals surface area contributed by atoms with Gasteiger partial charge in [0.25, 0.3) is 0 Å². The molecule has 0 aromatic carbocycles. The highest BCUT2D eigenvalue weighted by molar-refractivity contribution is 5.94. The van der Waals surface area contributed by atoms with Crippen molar-refractivity contribution in [2.75, 3.05) is 0 Å². The SMILES string of the molecule is C=CC1=C(C(C)=O)CCCC1. The van der Waals surface area contributed by atoms with Gasteiger partial charge in [-0.15, -0.1) is 0 Å². The number of hydrogen-bond acceptors (Lipinski definition) is 1. The van der Waals surface area contributed by atoms with Gasteiger partial charge in [-0.2, -0.15) is 0 Å². The van der Waals surface area contributed by atoms with Gasteiger partial charge >= 0.3 is 0 Å². The van der Waals surface area contributed by atoms with Gasteiger partial charge in [-0.05, 0) is 43.8 Å². The molecule has 1 rings (SSSR count). The van der Waals surface area contributed by atoms with E-state index >= 15 is 0 Å². The predicted octanol–water partition coefficient (Wildman–Crippen LogP) is 2.63. The average Bonchev–Trinajstić information content (AvgIpc) is 2.04. The Morgan fingerprint density at radius 2 is 2.09 bits per heavy atom. The molecule has 0 saturated heterocycles. The van der Waals surface area contributed by atoms with Gasteiger partial charge in [-0.1, -0.05) is 12.7 Å². The lowest BCUT2D eigenvalue weighted by atomic mass is 9.90. The van der Waals surface area contributed by atoms with Crippen LogP contribution >= 0.6 is 0 Å². The lowest BCUT2D eigenvalue weighted by Gasteiger charge is -2.15. The zero-order chi connectivity index (χ0) is 8.27. The molecule has 0 amide bonds. The molecule has 1 heteroatoms. The molecule has 0 spiro atoms. The molecule has 0 N–H and O–H groups in total. The van der Waals surface area contributed by atoms with Crippen LogP contribution in [0.3, 0.4) is 0 Å². The summed E-state index contributed by atoms with van der Waals surface area (Å²) in [6.07, 6.45) is 6.19. The Bertz CT molecular complexity index is 211. The smallest absolute Gasteiger partial charge is 0.156 e. The van der Waals surface area contributed by atoms with Gasteiger partial charge in [0.2, 0.25) is 0 Å². The van der Waals surface area contributed by atoms with Crippen molar-refractivity contribution < 1.29 is 4.79 Å². The molecule has 0 bridgehead atoms. The number of ketones is 1. The fourth-order valence-corrected chi connectivity index (χ4v) is 1.56. The standard InChI is InChI=1S/C10H14O/c1-3-9-6-4-5-7-10(9)8(2)11/h3H,1,4-7H2,2H3. The highest BCUT2D eigenvalue weighted by Crippen LogP contribution is 2.25. The lowest BCUT2D eigenvalue weighted by molar-refractivity contribution is -0.113. The maximum atomic E-state index is 11.1. The quantitative estimate of drug-likeness (QED) is 0.591. The van der Waals surface area contributed by atoms with Crippen molar-refractivity contribution in [1.29, 1.82) is 0 Å². The molecule has 0 unspecified atom stereocenters. The number of Topliss-reactive ketones (excluding diaryl/α,β-unsaturated/α-hetero) is 1. The van der Waals surface area contributed by atoms with Gasteiger partial charge in [0.1, 0.15) is 0 Å². The Labute approximate surface area is 67.8 Å². The van der Waals surface area contributed by atoms with E-state index in [0.717, 1.165) is 24.8 Å². The fourth-order valence-electron chi connectivity index (χ4n) is 1.56. The number of allylic oxidation sites excluding steroid dienone is 3. The molecule has 1 aliphatic carbocycles. The molecule has 0 radical (unpaired) electrons. The maximum absolute atomic E-state index is 11.1. The molecule has 0 saturated carbocycles. The molecule has 0 aromatic heterocycles. The van der Waals surface area contributed by atoms with E-state index in [4.69, 9.17) is 0 Å². The van der Waals surface area contributed by atoms with Gasteiger partial charge in [0.05, 0.1) is 0 Å². The maximum Gasteiger partial charge on any atom is 0.156 e. The Morgan fingerprint density at radius 1 is 1.45 bits per heavy atom. The largest absolute Gasteiger partial charge is 0.295 e. The summed E-state index contributed by atoms with van der Waals surface area (Å²) in [5.74, 6) is 0.222. The second-order valence-corrected chi connectivity index (χ2v) is 2.97. The third-order valence-electron chi connectivity index (χ3n) is 2.18. The van der Waals surface area contributed by atoms with Crippen molar-refractivity contribution >= 4 is 5.78 Å². The molecular formula is C10H14O. The van der Waals surface area contributed by atoms with Gasteiger partial charge in [-0.25, -0.2) is 0 Å². The zero-order valence-corrected chi connectivity index (χ0v) is 7.02. The normalized spacial score (nSPS) is 18.3. The first-order valence-corrected chi connectivity index (χ1v) is 4.11. The topological polar surface area (TPSA) is 17.1 Å². The molecule has 0 atom stereocenters. The Morgan fingerprint density at radius 3 is 2.55 bits per heavy atom. The van der Waals surface area contributed by atoms with Gasteiger partial charge in [0.15, 0.2) is 5.78 Å². The van der Waals surface area contributed by atoms with Crippen LogP contribution in [0.1, 0.15) is 32.6 Å². The van der Waals surface area contributed by atoms with Crippen molar-refractivity contribution in [3.8, 4) is 0 Å². The predicted molar refractivity (Wildman–Crippen MR) is 46.4 cm³/mol. The number of hydrogen-bond donors (Lipinski definition) is 0. The average molecular weight is 150 g/mol. The number of carbonyl (C=O) groups excluding carboxylic acids is 1. The molecule has 0 heterocycles. The summed E-state index contributed by atoms with van der Waals surface area (Å²) in [6, 6.07) is 0. The van der Waals surface area contributed by atoms with Crippen LogP contribution in [0.5, 0.6) is 0 Å². The molecular weight excluding hydrogens is 136 g/mol. The van der Waals surface area contributed by atoms with E-state index in [1.165, 1.54) is 12.0 Å². The van der Waals surface area contributed by atoms with Crippen LogP contribution in [0.2, 0.25) is 0 Å². The summed E-state index contributed by atoms with van der Waals surface area (Å²) >= 11 is 0. The van der Waals surface area contributed by atoms with Gasteiger partial charge in [-0.3, -0.25) is 4.79 Å². The van der Waals surface area contributed by atoms with Crippen molar-refractivity contribution in [1.82, 2.24) is 0 Å². The van der Waals surface area contributed by atoms with Crippen molar-refractivity contribution in [3.05, 3.63) is 23.8 Å². The van der Waals surface area contributed by atoms with E-state index in [2.05, 4.69) is 6.58 Å².